The van der Waals surface area contributed by atoms with Gasteiger partial charge in [-0.05, 0) is 54.1 Å². The fourth-order valence-corrected chi connectivity index (χ4v) is 5.58. The molecule has 1 aliphatic heterocycles. The molecule has 3 aromatic carbocycles. The van der Waals surface area contributed by atoms with Crippen molar-refractivity contribution in [3.05, 3.63) is 90.0 Å². The summed E-state index contributed by atoms with van der Waals surface area (Å²) in [4.78, 5) is 17.5. The molecule has 38 heavy (non-hydrogen) atoms. The summed E-state index contributed by atoms with van der Waals surface area (Å²) < 4.78 is 43.2. The minimum absolute atomic E-state index is 0.0195. The van der Waals surface area contributed by atoms with E-state index in [-0.39, 0.29) is 23.8 Å². The maximum absolute atomic E-state index is 13.1. The smallest absolute Gasteiger partial charge is 0.336 e. The number of aliphatic hydroxyl groups is 1. The normalized spacial score (nSPS) is 18.9. The van der Waals surface area contributed by atoms with Crippen LogP contribution in [0.15, 0.2) is 88.8 Å². The summed E-state index contributed by atoms with van der Waals surface area (Å²) in [7, 11) is -2.29. The number of methoxy groups -OCH3 is 1. The molecule has 0 spiro atoms. The van der Waals surface area contributed by atoms with Crippen LogP contribution in [-0.4, -0.2) is 62.1 Å². The molecular weight excluding hydrogens is 510 g/mol. The third-order valence-corrected chi connectivity index (χ3v) is 7.99. The first-order valence-corrected chi connectivity index (χ1v) is 13.7. The summed E-state index contributed by atoms with van der Waals surface area (Å²) in [6.45, 7) is 0.370. The zero-order valence-corrected chi connectivity index (χ0v) is 21.6. The number of hydrogen-bond donors (Lipinski definition) is 2. The Morgan fingerprint density at radius 1 is 1.03 bits per heavy atom. The quantitative estimate of drug-likeness (QED) is 0.333. The van der Waals surface area contributed by atoms with E-state index < -0.39 is 33.2 Å². The Kier molecular flexibility index (Phi) is 8.33. The lowest BCUT2D eigenvalue weighted by Crippen LogP contribution is -2.42. The monoisotopic (exact) mass is 539 g/mol. The highest BCUT2D eigenvalue weighted by Crippen LogP contribution is 2.43. The Morgan fingerprint density at radius 3 is 2.42 bits per heavy atom. The molecule has 200 valence electrons. The highest BCUT2D eigenvalue weighted by molar-refractivity contribution is 7.91. The minimum atomic E-state index is -3.78. The lowest BCUT2D eigenvalue weighted by Gasteiger charge is -2.28. The van der Waals surface area contributed by atoms with Crippen LogP contribution in [0.4, 0.5) is 0 Å². The van der Waals surface area contributed by atoms with E-state index in [2.05, 4.69) is 4.99 Å². The van der Waals surface area contributed by atoms with Gasteiger partial charge in [0.05, 0.1) is 24.4 Å². The molecule has 0 unspecified atom stereocenters. The summed E-state index contributed by atoms with van der Waals surface area (Å²) in [5.74, 6) is -0.586. The number of rotatable bonds is 12. The predicted octanol–water partition coefficient (Wildman–Crippen LogP) is 3.66. The molecule has 10 heteroatoms. The number of carboxylic acids is 1. The van der Waals surface area contributed by atoms with Crippen LogP contribution in [0.3, 0.4) is 0 Å². The molecule has 0 aliphatic carbocycles. The fourth-order valence-electron chi connectivity index (χ4n) is 4.19. The molecule has 1 aliphatic rings. The Hall–Kier alpha value is -3.89. The lowest BCUT2D eigenvalue weighted by atomic mass is 9.86. The van der Waals surface area contributed by atoms with Gasteiger partial charge in [0.2, 0.25) is 11.4 Å². The van der Waals surface area contributed by atoms with Crippen LogP contribution in [0.1, 0.15) is 30.1 Å². The van der Waals surface area contributed by atoms with E-state index >= 15 is 0 Å². The van der Waals surface area contributed by atoms with Crippen LogP contribution < -0.4 is 9.47 Å². The first-order chi connectivity index (χ1) is 18.3. The van der Waals surface area contributed by atoms with Gasteiger partial charge in [0.25, 0.3) is 0 Å². The molecule has 0 bridgehead atoms. The number of aliphatic imine (C=N–C) groups is 1. The molecule has 0 fully saturated rings. The van der Waals surface area contributed by atoms with E-state index in [4.69, 9.17) is 19.3 Å². The van der Waals surface area contributed by atoms with E-state index in [1.165, 1.54) is 19.2 Å². The molecule has 0 saturated heterocycles. The standard InChI is InChI=1S/C28H29NO8S/c1-35-23-8-5-7-21(19-23)25-28(27(31)32,15-18-38(33,34)24-9-3-2-4-10-24)29-26(37-25)20-11-13-22(14-12-20)36-17-6-16-30/h2-5,7-14,19,25,30H,6,15-18H2,1H3,(H,31,32)/t25-,28-/m1/s1. The molecule has 2 N–H and O–H groups in total. The van der Waals surface area contributed by atoms with Crippen LogP contribution in [0.2, 0.25) is 0 Å². The van der Waals surface area contributed by atoms with Crippen LogP contribution in [0.5, 0.6) is 11.5 Å². The molecule has 4 rings (SSSR count). The molecule has 0 radical (unpaired) electrons. The molecule has 0 aromatic heterocycles. The van der Waals surface area contributed by atoms with Crippen LogP contribution in [0, 0.1) is 0 Å². The Morgan fingerprint density at radius 2 is 1.76 bits per heavy atom. The van der Waals surface area contributed by atoms with Gasteiger partial charge in [-0.25, -0.2) is 18.2 Å². The number of aliphatic hydroxyl groups excluding tert-OH is 1. The molecule has 1 heterocycles. The highest BCUT2D eigenvalue weighted by atomic mass is 32.2. The van der Waals surface area contributed by atoms with Crippen LogP contribution in [-0.2, 0) is 19.4 Å². The average molecular weight is 540 g/mol. The summed E-state index contributed by atoms with van der Waals surface area (Å²) in [5.41, 5.74) is -0.896. The summed E-state index contributed by atoms with van der Waals surface area (Å²) in [6.07, 6.45) is -0.920. The van der Waals surface area contributed by atoms with Gasteiger partial charge in [-0.1, -0.05) is 30.3 Å². The van der Waals surface area contributed by atoms with E-state index in [1.807, 2.05) is 0 Å². The van der Waals surface area contributed by atoms with Crippen molar-refractivity contribution in [1.29, 1.82) is 0 Å². The summed E-state index contributed by atoms with van der Waals surface area (Å²) in [6, 6.07) is 21.5. The van der Waals surface area contributed by atoms with Crippen molar-refractivity contribution >= 4 is 21.7 Å². The van der Waals surface area contributed by atoms with Crippen molar-refractivity contribution in [2.24, 2.45) is 4.99 Å². The molecule has 3 aromatic rings. The van der Waals surface area contributed by atoms with Gasteiger partial charge in [0.1, 0.15) is 11.5 Å². The molecule has 0 amide bonds. The second-order valence-corrected chi connectivity index (χ2v) is 10.9. The molecule has 9 nitrogen and oxygen atoms in total. The molecule has 2 atom stereocenters. The second-order valence-electron chi connectivity index (χ2n) is 8.75. The maximum atomic E-state index is 13.1. The number of aliphatic carboxylic acids is 1. The number of hydrogen-bond acceptors (Lipinski definition) is 8. The second kappa shape index (κ2) is 11.7. The van der Waals surface area contributed by atoms with Gasteiger partial charge in [-0.15, -0.1) is 0 Å². The lowest BCUT2D eigenvalue weighted by molar-refractivity contribution is -0.146. The van der Waals surface area contributed by atoms with E-state index in [0.29, 0.717) is 35.7 Å². The van der Waals surface area contributed by atoms with Gasteiger partial charge in [0.15, 0.2) is 15.9 Å². The molecule has 0 saturated carbocycles. The van der Waals surface area contributed by atoms with Crippen molar-refractivity contribution in [3.8, 4) is 11.5 Å². The van der Waals surface area contributed by atoms with Crippen molar-refractivity contribution in [1.82, 2.24) is 0 Å². The van der Waals surface area contributed by atoms with Crippen LogP contribution >= 0.6 is 0 Å². The predicted molar refractivity (Wildman–Crippen MR) is 140 cm³/mol. The van der Waals surface area contributed by atoms with Crippen molar-refractivity contribution in [2.75, 3.05) is 26.1 Å². The highest BCUT2D eigenvalue weighted by Gasteiger charge is 2.54. The topological polar surface area (TPSA) is 132 Å². The Balaban J connectivity index is 1.71. The van der Waals surface area contributed by atoms with Gasteiger partial charge < -0.3 is 24.4 Å². The largest absolute Gasteiger partial charge is 0.497 e. The number of carboxylic acid groups (broad SMARTS) is 1. The first-order valence-electron chi connectivity index (χ1n) is 12.0. The van der Waals surface area contributed by atoms with E-state index in [1.54, 1.807) is 66.7 Å². The number of carbonyl (C=O) groups is 1. The van der Waals surface area contributed by atoms with Crippen molar-refractivity contribution in [3.63, 3.8) is 0 Å². The zero-order chi connectivity index (χ0) is 27.2. The third kappa shape index (κ3) is 5.81. The van der Waals surface area contributed by atoms with Crippen molar-refractivity contribution in [2.45, 2.75) is 29.4 Å². The number of nitrogens with zero attached hydrogens (tertiary/aromatic N) is 1. The zero-order valence-electron chi connectivity index (χ0n) is 20.8. The van der Waals surface area contributed by atoms with Gasteiger partial charge >= 0.3 is 5.97 Å². The van der Waals surface area contributed by atoms with Gasteiger partial charge in [-0.2, -0.15) is 0 Å². The minimum Gasteiger partial charge on any atom is -0.497 e. The number of ether oxygens (including phenoxy) is 3. The summed E-state index contributed by atoms with van der Waals surface area (Å²) in [5, 5.41) is 19.4. The SMILES string of the molecule is COc1cccc([C@H]2OC(c3ccc(OCCCO)cc3)=N[C@@]2(CCS(=O)(=O)c2ccccc2)C(=O)O)c1. The van der Waals surface area contributed by atoms with Gasteiger partial charge in [0, 0.05) is 25.0 Å². The average Bonchev–Trinajstić information content (AvgIpc) is 3.34. The molecular formula is C28H29NO8S. The number of benzene rings is 3. The fraction of sp³-hybridized carbons (Fsp3) is 0.286. The maximum Gasteiger partial charge on any atom is 0.336 e. The summed E-state index contributed by atoms with van der Waals surface area (Å²) >= 11 is 0. The Labute approximate surface area is 221 Å². The third-order valence-electron chi connectivity index (χ3n) is 6.26. The van der Waals surface area contributed by atoms with Crippen molar-refractivity contribution < 1.29 is 37.6 Å². The van der Waals surface area contributed by atoms with E-state index in [0.717, 1.165) is 0 Å². The number of sulfone groups is 1. The van der Waals surface area contributed by atoms with Crippen LogP contribution in [0.25, 0.3) is 0 Å². The first kappa shape index (κ1) is 27.2. The Bertz CT molecular complexity index is 1390. The van der Waals surface area contributed by atoms with Gasteiger partial charge in [-0.3, -0.25) is 0 Å². The van der Waals surface area contributed by atoms with E-state index in [9.17, 15) is 18.3 Å².